The molecule has 0 aliphatic rings. The second kappa shape index (κ2) is 8.54. The quantitative estimate of drug-likeness (QED) is 0.419. The van der Waals surface area contributed by atoms with Gasteiger partial charge in [0.1, 0.15) is 12.1 Å². The van der Waals surface area contributed by atoms with Crippen molar-refractivity contribution in [2.75, 3.05) is 6.61 Å². The third-order valence-corrected chi connectivity index (χ3v) is 4.63. The highest BCUT2D eigenvalue weighted by molar-refractivity contribution is 6.37. The van der Waals surface area contributed by atoms with Gasteiger partial charge in [-0.3, -0.25) is 9.36 Å². The first-order valence-corrected chi connectivity index (χ1v) is 9.15. The molecule has 8 heteroatoms. The maximum atomic E-state index is 14.0. The molecule has 1 heterocycles. The fourth-order valence-electron chi connectivity index (χ4n) is 2.76. The van der Waals surface area contributed by atoms with Crippen molar-refractivity contribution < 1.29 is 18.7 Å². The highest BCUT2D eigenvalue weighted by atomic mass is 35.5. The van der Waals surface area contributed by atoms with Gasteiger partial charge in [-0.25, -0.2) is 14.2 Å². The van der Waals surface area contributed by atoms with Gasteiger partial charge >= 0.3 is 5.97 Å². The number of hydrogen-bond acceptors (Lipinski definition) is 4. The molecule has 0 saturated carbocycles. The Balaban J connectivity index is 2.11. The molecule has 0 fully saturated rings. The summed E-state index contributed by atoms with van der Waals surface area (Å²) in [6, 6.07) is 10.5. The molecule has 0 saturated heterocycles. The highest BCUT2D eigenvalue weighted by Gasteiger charge is 2.25. The Kier molecular flexibility index (Phi) is 6.11. The molecule has 1 aromatic heterocycles. The van der Waals surface area contributed by atoms with E-state index >= 15 is 0 Å². The van der Waals surface area contributed by atoms with Crippen LogP contribution in [0.1, 0.15) is 33.5 Å². The van der Waals surface area contributed by atoms with Crippen LogP contribution in [0.5, 0.6) is 0 Å². The highest BCUT2D eigenvalue weighted by Crippen LogP contribution is 2.31. The SMILES string of the molecule is CCOC(=O)c1ncn(-c2c(Cl)cccc2Cl)c1CC(=O)c1ccccc1F. The van der Waals surface area contributed by atoms with Gasteiger partial charge in [0.05, 0.1) is 40.0 Å². The summed E-state index contributed by atoms with van der Waals surface area (Å²) in [5.41, 5.74) is 0.435. The van der Waals surface area contributed by atoms with Crippen molar-refractivity contribution in [2.24, 2.45) is 0 Å². The van der Waals surface area contributed by atoms with Gasteiger partial charge in [0.2, 0.25) is 0 Å². The van der Waals surface area contributed by atoms with Gasteiger partial charge in [-0.2, -0.15) is 0 Å². The Labute approximate surface area is 170 Å². The van der Waals surface area contributed by atoms with Crippen molar-refractivity contribution in [2.45, 2.75) is 13.3 Å². The molecule has 28 heavy (non-hydrogen) atoms. The summed E-state index contributed by atoms with van der Waals surface area (Å²) >= 11 is 12.5. The lowest BCUT2D eigenvalue weighted by Crippen LogP contribution is -2.15. The van der Waals surface area contributed by atoms with Gasteiger partial charge in [0.15, 0.2) is 11.5 Å². The average Bonchev–Trinajstić information content (AvgIpc) is 3.05. The zero-order valence-corrected chi connectivity index (χ0v) is 16.3. The van der Waals surface area contributed by atoms with Gasteiger partial charge in [-0.05, 0) is 31.2 Å². The van der Waals surface area contributed by atoms with Gasteiger partial charge in [0.25, 0.3) is 0 Å². The van der Waals surface area contributed by atoms with Gasteiger partial charge < -0.3 is 4.74 Å². The van der Waals surface area contributed by atoms with Crippen LogP contribution in [0.3, 0.4) is 0 Å². The average molecular weight is 421 g/mol. The number of benzene rings is 2. The summed E-state index contributed by atoms with van der Waals surface area (Å²) in [4.78, 5) is 29.1. The van der Waals surface area contributed by atoms with Crippen molar-refractivity contribution in [3.8, 4) is 5.69 Å². The number of aromatic nitrogens is 2. The van der Waals surface area contributed by atoms with E-state index < -0.39 is 17.6 Å². The zero-order chi connectivity index (χ0) is 20.3. The number of ketones is 1. The predicted molar refractivity (Wildman–Crippen MR) is 104 cm³/mol. The van der Waals surface area contributed by atoms with Crippen LogP contribution in [0.2, 0.25) is 10.0 Å². The van der Waals surface area contributed by atoms with Gasteiger partial charge in [0, 0.05) is 0 Å². The lowest BCUT2D eigenvalue weighted by molar-refractivity contribution is 0.0519. The van der Waals surface area contributed by atoms with Crippen LogP contribution in [-0.4, -0.2) is 27.9 Å². The molecule has 0 unspecified atom stereocenters. The van der Waals surface area contributed by atoms with E-state index in [0.29, 0.717) is 15.7 Å². The summed E-state index contributed by atoms with van der Waals surface area (Å²) in [5.74, 6) is -1.86. The zero-order valence-electron chi connectivity index (χ0n) is 14.8. The number of imidazole rings is 1. The Bertz CT molecular complexity index is 1030. The molecule has 0 aliphatic carbocycles. The minimum Gasteiger partial charge on any atom is -0.461 e. The van der Waals surface area contributed by atoms with Gasteiger partial charge in [-0.15, -0.1) is 0 Å². The Morgan fingerprint density at radius 1 is 1.11 bits per heavy atom. The van der Waals surface area contributed by atoms with E-state index in [4.69, 9.17) is 27.9 Å². The van der Waals surface area contributed by atoms with E-state index in [1.807, 2.05) is 0 Å². The van der Waals surface area contributed by atoms with Crippen LogP contribution in [-0.2, 0) is 11.2 Å². The van der Waals surface area contributed by atoms with Gasteiger partial charge in [-0.1, -0.05) is 41.4 Å². The number of rotatable bonds is 6. The summed E-state index contributed by atoms with van der Waals surface area (Å²) in [6.45, 7) is 1.79. The van der Waals surface area contributed by atoms with E-state index in [2.05, 4.69) is 4.98 Å². The molecule has 0 bridgehead atoms. The number of ether oxygens (including phenoxy) is 1. The maximum Gasteiger partial charge on any atom is 0.358 e. The molecule has 0 N–H and O–H groups in total. The summed E-state index contributed by atoms with van der Waals surface area (Å²) in [5, 5.41) is 0.611. The van der Waals surface area contributed by atoms with Crippen molar-refractivity contribution in [3.05, 3.63) is 81.6 Å². The van der Waals surface area contributed by atoms with E-state index in [1.165, 1.54) is 29.1 Å². The summed E-state index contributed by atoms with van der Waals surface area (Å²) in [6.07, 6.45) is 1.04. The second-order valence-corrected chi connectivity index (χ2v) is 6.59. The van der Waals surface area contributed by atoms with Crippen LogP contribution in [0.15, 0.2) is 48.8 Å². The van der Waals surface area contributed by atoms with E-state index in [-0.39, 0.29) is 30.0 Å². The second-order valence-electron chi connectivity index (χ2n) is 5.78. The lowest BCUT2D eigenvalue weighted by Gasteiger charge is -2.13. The number of esters is 1. The topological polar surface area (TPSA) is 61.2 Å². The molecule has 0 amide bonds. The number of carbonyl (C=O) groups excluding carboxylic acids is 2. The van der Waals surface area contributed by atoms with Crippen LogP contribution in [0.4, 0.5) is 4.39 Å². The number of nitrogens with zero attached hydrogens (tertiary/aromatic N) is 2. The van der Waals surface area contributed by atoms with E-state index in [1.54, 1.807) is 31.2 Å². The summed E-state index contributed by atoms with van der Waals surface area (Å²) < 4.78 is 20.5. The number of para-hydroxylation sites is 1. The molecule has 5 nitrogen and oxygen atoms in total. The lowest BCUT2D eigenvalue weighted by atomic mass is 10.0. The van der Waals surface area contributed by atoms with Crippen molar-refractivity contribution in [3.63, 3.8) is 0 Å². The minimum absolute atomic E-state index is 0.0532. The third-order valence-electron chi connectivity index (χ3n) is 4.02. The molecule has 0 radical (unpaired) electrons. The first-order chi connectivity index (χ1) is 13.4. The number of Topliss-reactive ketones (excluding diaryl/α,β-unsaturated/α-hetero) is 1. The molecule has 3 aromatic rings. The molecule has 2 aromatic carbocycles. The van der Waals surface area contributed by atoms with Crippen LogP contribution in [0.25, 0.3) is 5.69 Å². The molecule has 3 rings (SSSR count). The van der Waals surface area contributed by atoms with Crippen LogP contribution >= 0.6 is 23.2 Å². The first kappa shape index (κ1) is 20.0. The molecular formula is C20H15Cl2FN2O3. The largest absolute Gasteiger partial charge is 0.461 e. The van der Waals surface area contributed by atoms with E-state index in [9.17, 15) is 14.0 Å². The molecule has 144 valence electrons. The van der Waals surface area contributed by atoms with Crippen LogP contribution < -0.4 is 0 Å². The van der Waals surface area contributed by atoms with E-state index in [0.717, 1.165) is 0 Å². The molecule has 0 aliphatic heterocycles. The Hall–Kier alpha value is -2.70. The number of halogens is 3. The standard InChI is InChI=1S/C20H15Cl2FN2O3/c1-2-28-20(27)18-16(10-17(26)12-6-3-4-9-15(12)23)25(11-24-18)19-13(21)7-5-8-14(19)22/h3-9,11H,2,10H2,1H3. The molecule has 0 atom stereocenters. The third kappa shape index (κ3) is 3.93. The smallest absolute Gasteiger partial charge is 0.358 e. The predicted octanol–water partition coefficient (Wildman–Crippen LogP) is 4.92. The Morgan fingerprint density at radius 3 is 2.43 bits per heavy atom. The van der Waals surface area contributed by atoms with Crippen LogP contribution in [0, 0.1) is 5.82 Å². The normalized spacial score (nSPS) is 10.7. The fraction of sp³-hybridized carbons (Fsp3) is 0.150. The monoisotopic (exact) mass is 420 g/mol. The summed E-state index contributed by atoms with van der Waals surface area (Å²) in [7, 11) is 0. The van der Waals surface area contributed by atoms with Crippen molar-refractivity contribution in [1.29, 1.82) is 0 Å². The molecule has 0 spiro atoms. The first-order valence-electron chi connectivity index (χ1n) is 8.39. The van der Waals surface area contributed by atoms with Crippen molar-refractivity contribution in [1.82, 2.24) is 9.55 Å². The maximum absolute atomic E-state index is 14.0. The van der Waals surface area contributed by atoms with Crippen molar-refractivity contribution >= 4 is 35.0 Å². The number of hydrogen-bond donors (Lipinski definition) is 0. The Morgan fingerprint density at radius 2 is 1.79 bits per heavy atom. The number of carbonyl (C=O) groups is 2. The fourth-order valence-corrected chi connectivity index (χ4v) is 3.34. The minimum atomic E-state index is -0.694. The molecular weight excluding hydrogens is 406 g/mol.